The summed E-state index contributed by atoms with van der Waals surface area (Å²) in [6.45, 7) is 2.95. The molecule has 2 aliphatic carbocycles. The van der Waals surface area contributed by atoms with Crippen LogP contribution in [-0.4, -0.2) is 25.0 Å². The van der Waals surface area contributed by atoms with Crippen molar-refractivity contribution in [3.05, 3.63) is 24.3 Å². The van der Waals surface area contributed by atoms with Gasteiger partial charge in [-0.2, -0.15) is 0 Å². The van der Waals surface area contributed by atoms with Crippen LogP contribution in [0.3, 0.4) is 0 Å². The molecule has 1 aromatic rings. The molecule has 1 spiro atoms. The molecular formula is C16H23NOS. The number of nitrogens with one attached hydrogen (secondary N) is 1. The van der Waals surface area contributed by atoms with Gasteiger partial charge in [0, 0.05) is 28.6 Å². The highest BCUT2D eigenvalue weighted by atomic mass is 32.2. The molecule has 0 amide bonds. The van der Waals surface area contributed by atoms with Crippen LogP contribution in [0.15, 0.2) is 29.2 Å². The van der Waals surface area contributed by atoms with E-state index in [0.717, 1.165) is 13.0 Å². The Balaban J connectivity index is 1.64. The Kier molecular flexibility index (Phi) is 3.77. The van der Waals surface area contributed by atoms with Gasteiger partial charge >= 0.3 is 0 Å². The highest BCUT2D eigenvalue weighted by Crippen LogP contribution is 2.58. The first-order chi connectivity index (χ1) is 9.28. The van der Waals surface area contributed by atoms with Crippen molar-refractivity contribution in [3.8, 4) is 0 Å². The third-order valence-corrected chi connectivity index (χ3v) is 5.61. The van der Waals surface area contributed by atoms with Crippen molar-refractivity contribution in [3.63, 3.8) is 0 Å². The van der Waals surface area contributed by atoms with Crippen molar-refractivity contribution >= 4 is 17.4 Å². The van der Waals surface area contributed by atoms with Crippen LogP contribution >= 0.6 is 11.8 Å². The van der Waals surface area contributed by atoms with E-state index in [1.807, 2.05) is 0 Å². The summed E-state index contributed by atoms with van der Waals surface area (Å²) in [6, 6.07) is 9.40. The monoisotopic (exact) mass is 277 g/mol. The zero-order valence-electron chi connectivity index (χ0n) is 11.8. The van der Waals surface area contributed by atoms with Gasteiger partial charge in [-0.3, -0.25) is 0 Å². The average molecular weight is 277 g/mol. The molecule has 2 aliphatic rings. The molecule has 2 unspecified atom stereocenters. The molecule has 0 heterocycles. The van der Waals surface area contributed by atoms with Gasteiger partial charge in [-0.25, -0.2) is 0 Å². The Hall–Kier alpha value is -0.670. The zero-order valence-corrected chi connectivity index (χ0v) is 12.6. The fourth-order valence-electron chi connectivity index (χ4n) is 3.53. The number of benzene rings is 1. The van der Waals surface area contributed by atoms with E-state index in [4.69, 9.17) is 4.74 Å². The van der Waals surface area contributed by atoms with Crippen molar-refractivity contribution in [2.24, 2.45) is 5.41 Å². The fourth-order valence-corrected chi connectivity index (χ4v) is 3.94. The molecular weight excluding hydrogens is 254 g/mol. The van der Waals surface area contributed by atoms with Gasteiger partial charge in [-0.05, 0) is 56.7 Å². The van der Waals surface area contributed by atoms with Crippen LogP contribution in [0.5, 0.6) is 0 Å². The molecule has 0 radical (unpaired) electrons. The second-order valence-electron chi connectivity index (χ2n) is 5.69. The van der Waals surface area contributed by atoms with E-state index < -0.39 is 0 Å². The first-order valence-corrected chi connectivity index (χ1v) is 8.53. The summed E-state index contributed by atoms with van der Waals surface area (Å²) >= 11 is 1.79. The molecule has 0 aliphatic heterocycles. The van der Waals surface area contributed by atoms with Gasteiger partial charge in [0.2, 0.25) is 0 Å². The van der Waals surface area contributed by atoms with Crippen LogP contribution in [-0.2, 0) is 4.74 Å². The van der Waals surface area contributed by atoms with Crippen LogP contribution in [0, 0.1) is 5.41 Å². The second kappa shape index (κ2) is 5.37. The molecule has 1 aromatic carbocycles. The quantitative estimate of drug-likeness (QED) is 0.816. The Labute approximate surface area is 120 Å². The summed E-state index contributed by atoms with van der Waals surface area (Å²) in [5, 5.41) is 3.72. The number of ether oxygens (including phenoxy) is 1. The first kappa shape index (κ1) is 13.3. The molecule has 0 aromatic heterocycles. The largest absolute Gasteiger partial charge is 0.382 e. The van der Waals surface area contributed by atoms with E-state index in [1.54, 1.807) is 11.8 Å². The third kappa shape index (κ3) is 2.27. The van der Waals surface area contributed by atoms with E-state index >= 15 is 0 Å². The van der Waals surface area contributed by atoms with Gasteiger partial charge in [0.1, 0.15) is 0 Å². The Morgan fingerprint density at radius 1 is 1.32 bits per heavy atom. The second-order valence-corrected chi connectivity index (χ2v) is 6.57. The molecule has 2 saturated carbocycles. The zero-order chi connectivity index (χ0) is 13.3. The van der Waals surface area contributed by atoms with E-state index in [0.29, 0.717) is 17.6 Å². The molecule has 2 fully saturated rings. The highest BCUT2D eigenvalue weighted by Gasteiger charge is 2.58. The number of anilines is 1. The third-order valence-electron chi connectivity index (χ3n) is 4.87. The van der Waals surface area contributed by atoms with Gasteiger partial charge in [0.15, 0.2) is 0 Å². The number of rotatable bonds is 5. The fraction of sp³-hybridized carbons (Fsp3) is 0.625. The van der Waals surface area contributed by atoms with Gasteiger partial charge in [-0.15, -0.1) is 11.8 Å². The molecule has 2 atom stereocenters. The number of hydrogen-bond acceptors (Lipinski definition) is 3. The Morgan fingerprint density at radius 2 is 2.05 bits per heavy atom. The number of hydrogen-bond donors (Lipinski definition) is 1. The number of thioether (sulfide) groups is 1. The van der Waals surface area contributed by atoms with Crippen LogP contribution in [0.1, 0.15) is 32.6 Å². The predicted octanol–water partition coefficient (Wildman–Crippen LogP) is 4.17. The van der Waals surface area contributed by atoms with E-state index in [-0.39, 0.29) is 0 Å². The van der Waals surface area contributed by atoms with Crippen LogP contribution in [0.2, 0.25) is 0 Å². The van der Waals surface area contributed by atoms with E-state index in [2.05, 4.69) is 42.8 Å². The normalized spacial score (nSPS) is 27.7. The minimum atomic E-state index is 0.439. The molecule has 19 heavy (non-hydrogen) atoms. The topological polar surface area (TPSA) is 21.3 Å². The highest BCUT2D eigenvalue weighted by molar-refractivity contribution is 7.98. The summed E-state index contributed by atoms with van der Waals surface area (Å²) < 4.78 is 5.90. The van der Waals surface area contributed by atoms with Crippen LogP contribution in [0.4, 0.5) is 5.69 Å². The minimum Gasteiger partial charge on any atom is -0.382 e. The molecule has 2 nitrogen and oxygen atoms in total. The van der Waals surface area contributed by atoms with Crippen molar-refractivity contribution in [2.45, 2.75) is 49.6 Å². The molecule has 3 heteroatoms. The average Bonchev–Trinajstić information content (AvgIpc) is 2.36. The van der Waals surface area contributed by atoms with Gasteiger partial charge in [-0.1, -0.05) is 6.42 Å². The van der Waals surface area contributed by atoms with E-state index in [1.165, 1.54) is 29.8 Å². The summed E-state index contributed by atoms with van der Waals surface area (Å²) in [5.74, 6) is 0. The smallest absolute Gasteiger partial charge is 0.0670 e. The summed E-state index contributed by atoms with van der Waals surface area (Å²) in [4.78, 5) is 1.32. The summed E-state index contributed by atoms with van der Waals surface area (Å²) in [6.07, 6.45) is 7.81. The lowest BCUT2D eigenvalue weighted by Crippen LogP contribution is -2.64. The predicted molar refractivity (Wildman–Crippen MR) is 81.9 cm³/mol. The van der Waals surface area contributed by atoms with Crippen molar-refractivity contribution < 1.29 is 4.74 Å². The van der Waals surface area contributed by atoms with Crippen molar-refractivity contribution in [1.82, 2.24) is 0 Å². The Morgan fingerprint density at radius 3 is 2.58 bits per heavy atom. The lowest BCUT2D eigenvalue weighted by Gasteiger charge is -2.61. The molecule has 0 saturated heterocycles. The van der Waals surface area contributed by atoms with Gasteiger partial charge in [0.25, 0.3) is 0 Å². The summed E-state index contributed by atoms with van der Waals surface area (Å²) in [5.41, 5.74) is 1.69. The maximum atomic E-state index is 5.90. The van der Waals surface area contributed by atoms with Crippen LogP contribution < -0.4 is 5.32 Å². The van der Waals surface area contributed by atoms with E-state index in [9.17, 15) is 0 Å². The van der Waals surface area contributed by atoms with Crippen molar-refractivity contribution in [2.75, 3.05) is 18.2 Å². The molecule has 0 bridgehead atoms. The lowest BCUT2D eigenvalue weighted by atomic mass is 9.51. The lowest BCUT2D eigenvalue weighted by molar-refractivity contribution is -0.157. The Bertz CT molecular complexity index is 427. The first-order valence-electron chi connectivity index (χ1n) is 7.30. The SMILES string of the molecule is CCOC1CC(Nc2ccc(SC)cc2)C12CCC2. The molecule has 3 rings (SSSR count). The standard InChI is InChI=1S/C16H23NOS/c1-3-18-15-11-14(16(15)9-4-10-16)17-12-5-7-13(19-2)8-6-12/h5-8,14-15,17H,3-4,9-11H2,1-2H3. The van der Waals surface area contributed by atoms with Crippen LogP contribution in [0.25, 0.3) is 0 Å². The maximum Gasteiger partial charge on any atom is 0.0670 e. The van der Waals surface area contributed by atoms with Gasteiger partial charge in [0.05, 0.1) is 6.10 Å². The maximum absolute atomic E-state index is 5.90. The molecule has 1 N–H and O–H groups in total. The van der Waals surface area contributed by atoms with Crippen molar-refractivity contribution in [1.29, 1.82) is 0 Å². The van der Waals surface area contributed by atoms with Gasteiger partial charge < -0.3 is 10.1 Å². The minimum absolute atomic E-state index is 0.439. The summed E-state index contributed by atoms with van der Waals surface area (Å²) in [7, 11) is 0. The molecule has 104 valence electrons.